The number of carbonyl (C=O) groups is 1. The van der Waals surface area contributed by atoms with Crippen molar-refractivity contribution in [1.29, 1.82) is 0 Å². The molecule has 0 aliphatic carbocycles. The minimum Gasteiger partial charge on any atom is -0.347 e. The Kier molecular flexibility index (Phi) is 5.40. The number of carbonyl (C=O) groups excluding carboxylic acids is 1. The number of benzene rings is 2. The summed E-state index contributed by atoms with van der Waals surface area (Å²) in [4.78, 5) is 16.1. The highest BCUT2D eigenvalue weighted by Crippen LogP contribution is 2.19. The van der Waals surface area contributed by atoms with E-state index in [9.17, 15) is 9.18 Å². The number of aryl methyl sites for hydroxylation is 1. The van der Waals surface area contributed by atoms with E-state index in [4.69, 9.17) is 16.1 Å². The molecule has 1 N–H and O–H groups in total. The third kappa shape index (κ3) is 4.64. The Morgan fingerprint density at radius 1 is 1.20 bits per heavy atom. The van der Waals surface area contributed by atoms with Gasteiger partial charge in [-0.3, -0.25) is 4.79 Å². The topological polar surface area (TPSA) is 68.0 Å². The normalized spacial score (nSPS) is 10.6. The summed E-state index contributed by atoms with van der Waals surface area (Å²) in [6, 6.07) is 13.5. The van der Waals surface area contributed by atoms with Gasteiger partial charge in [-0.2, -0.15) is 4.98 Å². The van der Waals surface area contributed by atoms with Crippen LogP contribution in [0.1, 0.15) is 17.9 Å². The van der Waals surface area contributed by atoms with Gasteiger partial charge in [0, 0.05) is 17.0 Å². The van der Waals surface area contributed by atoms with E-state index in [2.05, 4.69) is 15.5 Å². The average Bonchev–Trinajstić information content (AvgIpc) is 3.08. The number of amides is 1. The quantitative estimate of drug-likeness (QED) is 0.727. The van der Waals surface area contributed by atoms with Crippen LogP contribution in [0.5, 0.6) is 0 Å². The van der Waals surface area contributed by atoms with Crippen LogP contribution in [-0.4, -0.2) is 16.0 Å². The van der Waals surface area contributed by atoms with E-state index in [0.29, 0.717) is 22.8 Å². The monoisotopic (exact) mass is 359 g/mol. The van der Waals surface area contributed by atoms with E-state index in [-0.39, 0.29) is 30.6 Å². The van der Waals surface area contributed by atoms with Crippen LogP contribution >= 0.6 is 11.6 Å². The Morgan fingerprint density at radius 3 is 2.84 bits per heavy atom. The van der Waals surface area contributed by atoms with Gasteiger partial charge in [-0.15, -0.1) is 0 Å². The average molecular weight is 360 g/mol. The predicted molar refractivity (Wildman–Crippen MR) is 91.3 cm³/mol. The summed E-state index contributed by atoms with van der Waals surface area (Å²) >= 11 is 5.93. The molecule has 0 saturated heterocycles. The van der Waals surface area contributed by atoms with Gasteiger partial charge >= 0.3 is 0 Å². The number of hydrogen-bond donors (Lipinski definition) is 1. The second kappa shape index (κ2) is 7.90. The molecule has 0 radical (unpaired) electrons. The highest BCUT2D eigenvalue weighted by Gasteiger charge is 2.11. The van der Waals surface area contributed by atoms with Crippen LogP contribution in [0.15, 0.2) is 53.1 Å². The zero-order valence-corrected chi connectivity index (χ0v) is 14.0. The second-order valence-electron chi connectivity index (χ2n) is 5.39. The van der Waals surface area contributed by atoms with Gasteiger partial charge in [0.05, 0.1) is 6.54 Å². The van der Waals surface area contributed by atoms with Gasteiger partial charge in [0.2, 0.25) is 17.6 Å². The van der Waals surface area contributed by atoms with Crippen molar-refractivity contribution in [3.63, 3.8) is 0 Å². The highest BCUT2D eigenvalue weighted by atomic mass is 35.5. The van der Waals surface area contributed by atoms with Crippen LogP contribution in [0.3, 0.4) is 0 Å². The summed E-state index contributed by atoms with van der Waals surface area (Å²) in [5.74, 6) is 0.163. The Hall–Kier alpha value is -2.73. The summed E-state index contributed by atoms with van der Waals surface area (Å²) < 4.78 is 18.6. The van der Waals surface area contributed by atoms with Crippen molar-refractivity contribution < 1.29 is 13.7 Å². The zero-order chi connectivity index (χ0) is 17.6. The van der Waals surface area contributed by atoms with Gasteiger partial charge in [0.1, 0.15) is 5.82 Å². The number of nitrogens with zero attached hydrogens (tertiary/aromatic N) is 2. The lowest BCUT2D eigenvalue weighted by Gasteiger charge is -2.03. The van der Waals surface area contributed by atoms with Crippen molar-refractivity contribution in [3.05, 3.63) is 70.8 Å². The molecule has 0 bridgehead atoms. The third-order valence-electron chi connectivity index (χ3n) is 3.57. The molecule has 7 heteroatoms. The molecule has 0 aliphatic rings. The molecule has 0 atom stereocenters. The van der Waals surface area contributed by atoms with Gasteiger partial charge in [-0.1, -0.05) is 47.1 Å². The number of rotatable bonds is 6. The summed E-state index contributed by atoms with van der Waals surface area (Å²) in [6.07, 6.45) is 0.506. The van der Waals surface area contributed by atoms with E-state index in [1.54, 1.807) is 36.4 Å². The molecule has 0 fully saturated rings. The SMILES string of the molecule is O=C(CCc1ccccc1F)NCc1nc(-c2cccc(Cl)c2)no1. The molecule has 2 aromatic carbocycles. The van der Waals surface area contributed by atoms with Crippen molar-refractivity contribution in [2.45, 2.75) is 19.4 Å². The molecule has 0 spiro atoms. The predicted octanol–water partition coefficient (Wildman–Crippen LogP) is 3.78. The number of halogens is 2. The first-order chi connectivity index (χ1) is 12.1. The van der Waals surface area contributed by atoms with Crippen molar-refractivity contribution in [1.82, 2.24) is 15.5 Å². The lowest BCUT2D eigenvalue weighted by Crippen LogP contribution is -2.23. The summed E-state index contributed by atoms with van der Waals surface area (Å²) in [5, 5.41) is 7.12. The zero-order valence-electron chi connectivity index (χ0n) is 13.2. The molecule has 1 heterocycles. The molecule has 128 valence electrons. The first-order valence-corrected chi connectivity index (χ1v) is 8.08. The fraction of sp³-hybridized carbons (Fsp3) is 0.167. The van der Waals surface area contributed by atoms with Crippen molar-refractivity contribution in [2.75, 3.05) is 0 Å². The first kappa shape index (κ1) is 17.1. The minimum atomic E-state index is -0.307. The first-order valence-electron chi connectivity index (χ1n) is 7.70. The van der Waals surface area contributed by atoms with Crippen LogP contribution in [0, 0.1) is 5.82 Å². The fourth-order valence-corrected chi connectivity index (χ4v) is 2.47. The molecule has 3 aromatic rings. The van der Waals surface area contributed by atoms with E-state index in [1.807, 2.05) is 6.07 Å². The molecule has 3 rings (SSSR count). The van der Waals surface area contributed by atoms with Gasteiger partial charge in [0.25, 0.3) is 0 Å². The minimum absolute atomic E-state index is 0.115. The maximum absolute atomic E-state index is 13.5. The van der Waals surface area contributed by atoms with Crippen LogP contribution in [0.25, 0.3) is 11.4 Å². The molecular weight excluding hydrogens is 345 g/mol. The standard InChI is InChI=1S/C18H15ClFN3O2/c19-14-6-3-5-13(10-14)18-22-17(25-23-18)11-21-16(24)9-8-12-4-1-2-7-15(12)20/h1-7,10H,8-9,11H2,(H,21,24). The Morgan fingerprint density at radius 2 is 2.04 bits per heavy atom. The van der Waals surface area contributed by atoms with Gasteiger partial charge < -0.3 is 9.84 Å². The van der Waals surface area contributed by atoms with E-state index >= 15 is 0 Å². The lowest BCUT2D eigenvalue weighted by molar-refractivity contribution is -0.121. The lowest BCUT2D eigenvalue weighted by atomic mass is 10.1. The van der Waals surface area contributed by atoms with Crippen molar-refractivity contribution in [3.8, 4) is 11.4 Å². The molecule has 25 heavy (non-hydrogen) atoms. The van der Waals surface area contributed by atoms with E-state index in [0.717, 1.165) is 5.56 Å². The highest BCUT2D eigenvalue weighted by molar-refractivity contribution is 6.30. The number of hydrogen-bond acceptors (Lipinski definition) is 4. The van der Waals surface area contributed by atoms with Gasteiger partial charge in [-0.25, -0.2) is 4.39 Å². The fourth-order valence-electron chi connectivity index (χ4n) is 2.28. The third-order valence-corrected chi connectivity index (χ3v) is 3.80. The Labute approximate surface area is 148 Å². The maximum atomic E-state index is 13.5. The van der Waals surface area contributed by atoms with Crippen LogP contribution in [0.2, 0.25) is 5.02 Å². The molecule has 0 aliphatic heterocycles. The summed E-state index contributed by atoms with van der Waals surface area (Å²) in [7, 11) is 0. The van der Waals surface area contributed by atoms with E-state index < -0.39 is 0 Å². The van der Waals surface area contributed by atoms with Gasteiger partial charge in [0.15, 0.2) is 0 Å². The molecule has 5 nitrogen and oxygen atoms in total. The smallest absolute Gasteiger partial charge is 0.246 e. The van der Waals surface area contributed by atoms with Crippen molar-refractivity contribution >= 4 is 17.5 Å². The Balaban J connectivity index is 1.52. The van der Waals surface area contributed by atoms with Crippen LogP contribution in [0.4, 0.5) is 4.39 Å². The number of aromatic nitrogens is 2. The Bertz CT molecular complexity index is 882. The largest absolute Gasteiger partial charge is 0.347 e. The molecule has 0 saturated carbocycles. The molecule has 1 amide bonds. The number of nitrogens with one attached hydrogen (secondary N) is 1. The molecule has 0 unspecified atom stereocenters. The molecule has 1 aromatic heterocycles. The second-order valence-corrected chi connectivity index (χ2v) is 5.83. The molecular formula is C18H15ClFN3O2. The summed E-state index contributed by atoms with van der Waals surface area (Å²) in [5.41, 5.74) is 1.24. The van der Waals surface area contributed by atoms with E-state index in [1.165, 1.54) is 6.07 Å². The summed E-state index contributed by atoms with van der Waals surface area (Å²) in [6.45, 7) is 0.115. The maximum Gasteiger partial charge on any atom is 0.246 e. The van der Waals surface area contributed by atoms with Crippen molar-refractivity contribution in [2.24, 2.45) is 0 Å². The van der Waals surface area contributed by atoms with Gasteiger partial charge in [-0.05, 0) is 30.2 Å². The van der Waals surface area contributed by atoms with Crippen LogP contribution < -0.4 is 5.32 Å². The van der Waals surface area contributed by atoms with Crippen LogP contribution in [-0.2, 0) is 17.8 Å².